The number of ether oxygens (including phenoxy) is 4. The van der Waals surface area contributed by atoms with Gasteiger partial charge in [-0.1, -0.05) is 207 Å². The van der Waals surface area contributed by atoms with Crippen LogP contribution in [-0.2, 0) is 9.53 Å². The van der Waals surface area contributed by atoms with Crippen LogP contribution < -0.4 is 14.2 Å². The highest BCUT2D eigenvalue weighted by molar-refractivity contribution is 5.87. The van der Waals surface area contributed by atoms with Crippen LogP contribution in [0.25, 0.3) is 6.08 Å². The molecule has 0 bridgehead atoms. The van der Waals surface area contributed by atoms with Crippen LogP contribution in [0.3, 0.4) is 0 Å². The maximum atomic E-state index is 12.5. The van der Waals surface area contributed by atoms with E-state index in [1.807, 2.05) is 18.2 Å². The Bertz CT molecular complexity index is 989. The second-order valence-electron chi connectivity index (χ2n) is 15.8. The van der Waals surface area contributed by atoms with E-state index in [-0.39, 0.29) is 5.97 Å². The van der Waals surface area contributed by atoms with Gasteiger partial charge in [0.2, 0.25) is 0 Å². The van der Waals surface area contributed by atoms with Gasteiger partial charge in [0.25, 0.3) is 0 Å². The number of carbonyl (C=O) groups excluding carboxylic acids is 1. The van der Waals surface area contributed by atoms with Gasteiger partial charge in [-0.2, -0.15) is 0 Å². The molecule has 0 atom stereocenters. The van der Waals surface area contributed by atoms with E-state index in [2.05, 4.69) is 27.7 Å². The van der Waals surface area contributed by atoms with Crippen molar-refractivity contribution in [1.29, 1.82) is 0 Å². The standard InChI is InChI=1S/C49H88O5/c1-5-9-13-16-19-22-25-28-31-34-40-51-46-44-48(53-42-36-33-30-27-24-21-18-15-11-7-3)47(43-45(46)37-38-49(50)54-39-12-8-4)52-41-35-32-29-26-23-20-17-14-10-6-2/h37-38,43-44H,5-36,39-42H2,1-4H3. The molecule has 0 saturated heterocycles. The molecule has 0 aliphatic rings. The fourth-order valence-corrected chi connectivity index (χ4v) is 6.88. The zero-order valence-electron chi connectivity index (χ0n) is 36.3. The summed E-state index contributed by atoms with van der Waals surface area (Å²) in [5, 5.41) is 0. The topological polar surface area (TPSA) is 54.0 Å². The van der Waals surface area contributed by atoms with Crippen molar-refractivity contribution >= 4 is 12.0 Å². The van der Waals surface area contributed by atoms with Crippen molar-refractivity contribution in [2.45, 2.75) is 233 Å². The van der Waals surface area contributed by atoms with E-state index in [1.165, 1.54) is 179 Å². The summed E-state index contributed by atoms with van der Waals surface area (Å²) in [6.07, 6.45) is 44.0. The van der Waals surface area contributed by atoms with E-state index in [0.717, 1.165) is 54.9 Å². The smallest absolute Gasteiger partial charge is 0.330 e. The van der Waals surface area contributed by atoms with Gasteiger partial charge in [0.15, 0.2) is 11.5 Å². The monoisotopic (exact) mass is 757 g/mol. The molecule has 5 nitrogen and oxygen atoms in total. The van der Waals surface area contributed by atoms with Gasteiger partial charge in [0.1, 0.15) is 5.75 Å². The normalized spacial score (nSPS) is 11.4. The molecule has 1 aromatic rings. The Balaban J connectivity index is 2.84. The number of rotatable bonds is 41. The lowest BCUT2D eigenvalue weighted by Crippen LogP contribution is -2.06. The van der Waals surface area contributed by atoms with Crippen LogP contribution in [0.2, 0.25) is 0 Å². The summed E-state index contributed by atoms with van der Waals surface area (Å²) in [6.45, 7) is 11.4. The van der Waals surface area contributed by atoms with Crippen LogP contribution in [0.1, 0.15) is 239 Å². The lowest BCUT2D eigenvalue weighted by molar-refractivity contribution is -0.137. The number of carbonyl (C=O) groups is 1. The van der Waals surface area contributed by atoms with Gasteiger partial charge in [0, 0.05) is 17.7 Å². The first-order valence-corrected chi connectivity index (χ1v) is 23.6. The van der Waals surface area contributed by atoms with Crippen LogP contribution in [0.4, 0.5) is 0 Å². The summed E-state index contributed by atoms with van der Waals surface area (Å²) in [7, 11) is 0. The van der Waals surface area contributed by atoms with E-state index in [1.54, 1.807) is 0 Å². The minimum Gasteiger partial charge on any atom is -0.493 e. The van der Waals surface area contributed by atoms with Crippen molar-refractivity contribution in [1.82, 2.24) is 0 Å². The highest BCUT2D eigenvalue weighted by atomic mass is 16.5. The first-order valence-electron chi connectivity index (χ1n) is 23.6. The summed E-state index contributed by atoms with van der Waals surface area (Å²) in [4.78, 5) is 12.5. The third-order valence-electron chi connectivity index (χ3n) is 10.5. The highest BCUT2D eigenvalue weighted by Gasteiger charge is 2.14. The lowest BCUT2D eigenvalue weighted by Gasteiger charge is -2.17. The second kappa shape index (κ2) is 39.1. The number of benzene rings is 1. The largest absolute Gasteiger partial charge is 0.493 e. The summed E-state index contributed by atoms with van der Waals surface area (Å²) in [6, 6.07) is 4.01. The quantitative estimate of drug-likeness (QED) is 0.0378. The molecule has 0 radical (unpaired) electrons. The third kappa shape index (κ3) is 30.1. The number of hydrogen-bond donors (Lipinski definition) is 0. The molecule has 0 spiro atoms. The summed E-state index contributed by atoms with van der Waals surface area (Å²) >= 11 is 0. The van der Waals surface area contributed by atoms with Crippen LogP contribution in [0, 0.1) is 0 Å². The molecule has 0 aliphatic heterocycles. The van der Waals surface area contributed by atoms with Crippen molar-refractivity contribution in [2.75, 3.05) is 26.4 Å². The van der Waals surface area contributed by atoms with E-state index in [4.69, 9.17) is 18.9 Å². The molecule has 0 fully saturated rings. The van der Waals surface area contributed by atoms with Gasteiger partial charge in [-0.05, 0) is 37.8 Å². The van der Waals surface area contributed by atoms with Gasteiger partial charge in [-0.3, -0.25) is 0 Å². The summed E-state index contributed by atoms with van der Waals surface area (Å²) in [5.74, 6) is 1.91. The van der Waals surface area contributed by atoms with Crippen LogP contribution in [-0.4, -0.2) is 32.4 Å². The first-order chi connectivity index (χ1) is 26.7. The summed E-state index contributed by atoms with van der Waals surface area (Å²) in [5.41, 5.74) is 0.832. The molecule has 0 heterocycles. The zero-order chi connectivity index (χ0) is 39.0. The van der Waals surface area contributed by atoms with Crippen molar-refractivity contribution in [2.24, 2.45) is 0 Å². The fraction of sp³-hybridized carbons (Fsp3) is 0.816. The van der Waals surface area contributed by atoms with Crippen molar-refractivity contribution in [3.63, 3.8) is 0 Å². The van der Waals surface area contributed by atoms with Gasteiger partial charge >= 0.3 is 5.97 Å². The molecule has 0 amide bonds. The van der Waals surface area contributed by atoms with Gasteiger partial charge in [0.05, 0.1) is 26.4 Å². The predicted octanol–water partition coefficient (Wildman–Crippen LogP) is 15.9. The summed E-state index contributed by atoms with van der Waals surface area (Å²) < 4.78 is 24.7. The van der Waals surface area contributed by atoms with Gasteiger partial charge < -0.3 is 18.9 Å². The lowest BCUT2D eigenvalue weighted by atomic mass is 10.1. The minimum absolute atomic E-state index is 0.321. The average Bonchev–Trinajstić information content (AvgIpc) is 3.18. The number of unbranched alkanes of at least 4 members (excludes halogenated alkanes) is 28. The molecule has 314 valence electrons. The van der Waals surface area contributed by atoms with E-state index >= 15 is 0 Å². The van der Waals surface area contributed by atoms with Crippen molar-refractivity contribution < 1.29 is 23.7 Å². The Hall–Kier alpha value is -2.17. The molecule has 1 rings (SSSR count). The fourth-order valence-electron chi connectivity index (χ4n) is 6.88. The molecule has 0 N–H and O–H groups in total. The second-order valence-corrected chi connectivity index (χ2v) is 15.8. The van der Waals surface area contributed by atoms with Crippen molar-refractivity contribution in [3.05, 3.63) is 23.8 Å². The first kappa shape index (κ1) is 49.8. The zero-order valence-corrected chi connectivity index (χ0v) is 36.3. The molecule has 1 aromatic carbocycles. The third-order valence-corrected chi connectivity index (χ3v) is 10.5. The Kier molecular flexibility index (Phi) is 36.1. The molecular formula is C49H88O5. The minimum atomic E-state index is -0.321. The Morgan fingerprint density at radius 2 is 0.704 bits per heavy atom. The predicted molar refractivity (Wildman–Crippen MR) is 233 cm³/mol. The SMILES string of the molecule is CCCCCCCCCCCCOc1cc(OCCCCCCCCCCCC)c(OCCCCCCCCCCCC)cc1C=CC(=O)OCCCC. The number of hydrogen-bond acceptors (Lipinski definition) is 5. The molecule has 0 aromatic heterocycles. The average molecular weight is 757 g/mol. The van der Waals surface area contributed by atoms with E-state index in [0.29, 0.717) is 26.4 Å². The molecule has 0 unspecified atom stereocenters. The van der Waals surface area contributed by atoms with Gasteiger partial charge in [-0.15, -0.1) is 0 Å². The molecule has 0 saturated carbocycles. The molecular weight excluding hydrogens is 669 g/mol. The van der Waals surface area contributed by atoms with Crippen LogP contribution in [0.5, 0.6) is 17.2 Å². The Morgan fingerprint density at radius 1 is 0.389 bits per heavy atom. The van der Waals surface area contributed by atoms with Gasteiger partial charge in [-0.25, -0.2) is 4.79 Å². The maximum absolute atomic E-state index is 12.5. The Morgan fingerprint density at radius 3 is 1.07 bits per heavy atom. The highest BCUT2D eigenvalue weighted by Crippen LogP contribution is 2.37. The number of esters is 1. The maximum Gasteiger partial charge on any atom is 0.330 e. The Labute approximate surface area is 335 Å². The van der Waals surface area contributed by atoms with E-state index in [9.17, 15) is 4.79 Å². The van der Waals surface area contributed by atoms with Crippen LogP contribution in [0.15, 0.2) is 18.2 Å². The van der Waals surface area contributed by atoms with Crippen molar-refractivity contribution in [3.8, 4) is 17.2 Å². The molecule has 0 aliphatic carbocycles. The van der Waals surface area contributed by atoms with E-state index < -0.39 is 0 Å². The molecule has 54 heavy (non-hydrogen) atoms. The van der Waals surface area contributed by atoms with Crippen LogP contribution >= 0.6 is 0 Å². The molecule has 5 heteroatoms.